The van der Waals surface area contributed by atoms with E-state index < -0.39 is 29.7 Å². The van der Waals surface area contributed by atoms with Gasteiger partial charge in [0.2, 0.25) is 5.91 Å². The monoisotopic (exact) mass is 380 g/mol. The summed E-state index contributed by atoms with van der Waals surface area (Å²) in [6.45, 7) is 14.5. The average molecular weight is 381 g/mol. The highest BCUT2D eigenvalue weighted by Gasteiger charge is 2.46. The molecule has 0 saturated carbocycles. The van der Waals surface area contributed by atoms with E-state index in [1.165, 1.54) is 12.2 Å². The van der Waals surface area contributed by atoms with Gasteiger partial charge in [-0.25, -0.2) is 0 Å². The second-order valence-electron chi connectivity index (χ2n) is 4.99. The SMILES string of the molecule is C=CC.C=CC1=C(/C=C\C)C(=O)N(C2CCC(=O)N(Cl)C2=O)C1=O.CC. The third kappa shape index (κ3) is 4.79. The van der Waals surface area contributed by atoms with Crippen LogP contribution in [0.3, 0.4) is 0 Å². The quantitative estimate of drug-likeness (QED) is 0.427. The van der Waals surface area contributed by atoms with Crippen LogP contribution in [-0.2, 0) is 19.2 Å². The fraction of sp³-hybridized carbons (Fsp3) is 0.368. The van der Waals surface area contributed by atoms with E-state index in [1.807, 2.05) is 20.8 Å². The Hall–Kier alpha value is -2.47. The summed E-state index contributed by atoms with van der Waals surface area (Å²) < 4.78 is 0.440. The molecule has 1 unspecified atom stereocenters. The minimum Gasteiger partial charge on any atom is -0.273 e. The fourth-order valence-corrected chi connectivity index (χ4v) is 2.56. The van der Waals surface area contributed by atoms with Crippen molar-refractivity contribution in [3.05, 3.63) is 48.6 Å². The summed E-state index contributed by atoms with van der Waals surface area (Å²) in [6, 6.07) is -1.06. The molecule has 2 heterocycles. The van der Waals surface area contributed by atoms with Gasteiger partial charge in [-0.15, -0.1) is 6.58 Å². The van der Waals surface area contributed by atoms with Crippen molar-refractivity contribution in [2.24, 2.45) is 0 Å². The molecule has 0 bridgehead atoms. The van der Waals surface area contributed by atoms with Crippen molar-refractivity contribution in [3.63, 3.8) is 0 Å². The summed E-state index contributed by atoms with van der Waals surface area (Å²) in [5.41, 5.74) is 0.326. The molecule has 26 heavy (non-hydrogen) atoms. The minimum atomic E-state index is -1.06. The molecule has 7 heteroatoms. The lowest BCUT2D eigenvalue weighted by Gasteiger charge is -2.31. The number of amides is 4. The molecule has 0 aromatic rings. The van der Waals surface area contributed by atoms with Gasteiger partial charge in [-0.05, 0) is 20.3 Å². The lowest BCUT2D eigenvalue weighted by molar-refractivity contribution is -0.154. The van der Waals surface area contributed by atoms with Gasteiger partial charge in [-0.3, -0.25) is 24.1 Å². The van der Waals surface area contributed by atoms with Crippen molar-refractivity contribution in [2.75, 3.05) is 0 Å². The van der Waals surface area contributed by atoms with Gasteiger partial charge < -0.3 is 0 Å². The number of carbonyl (C=O) groups is 4. The summed E-state index contributed by atoms with van der Waals surface area (Å²) in [4.78, 5) is 48.9. The highest BCUT2D eigenvalue weighted by Crippen LogP contribution is 2.29. The van der Waals surface area contributed by atoms with Gasteiger partial charge in [0.05, 0.1) is 11.1 Å². The number of hydrogen-bond donors (Lipinski definition) is 0. The van der Waals surface area contributed by atoms with Gasteiger partial charge in [-0.1, -0.05) is 44.7 Å². The Kier molecular flexibility index (Phi) is 10.1. The van der Waals surface area contributed by atoms with Crippen molar-refractivity contribution in [2.45, 2.75) is 46.6 Å². The maximum Gasteiger partial charge on any atom is 0.267 e. The Balaban J connectivity index is 0.00000113. The first-order chi connectivity index (χ1) is 12.3. The minimum absolute atomic E-state index is 0.000655. The zero-order valence-electron chi connectivity index (χ0n) is 15.6. The van der Waals surface area contributed by atoms with Gasteiger partial charge in [0.15, 0.2) is 0 Å². The molecule has 6 nitrogen and oxygen atoms in total. The average Bonchev–Trinajstić information content (AvgIpc) is 2.86. The molecule has 1 saturated heterocycles. The zero-order valence-corrected chi connectivity index (χ0v) is 16.4. The first kappa shape index (κ1) is 23.5. The summed E-state index contributed by atoms with van der Waals surface area (Å²) in [6.07, 6.45) is 6.22. The number of imide groups is 2. The maximum absolute atomic E-state index is 12.4. The van der Waals surface area contributed by atoms with E-state index in [-0.39, 0.29) is 24.0 Å². The zero-order chi connectivity index (χ0) is 20.4. The van der Waals surface area contributed by atoms with Crippen molar-refractivity contribution in [3.8, 4) is 0 Å². The van der Waals surface area contributed by atoms with E-state index in [1.54, 1.807) is 19.1 Å². The molecule has 4 amide bonds. The van der Waals surface area contributed by atoms with Crippen LogP contribution in [0.15, 0.2) is 48.6 Å². The highest BCUT2D eigenvalue weighted by atomic mass is 35.5. The predicted octanol–water partition coefficient (Wildman–Crippen LogP) is 3.30. The predicted molar refractivity (Wildman–Crippen MR) is 102 cm³/mol. The number of piperidine rings is 1. The van der Waals surface area contributed by atoms with Gasteiger partial charge in [0.25, 0.3) is 17.7 Å². The molecule has 142 valence electrons. The molecule has 1 fully saturated rings. The van der Waals surface area contributed by atoms with Crippen LogP contribution in [0.1, 0.15) is 40.5 Å². The molecule has 0 aliphatic carbocycles. The molecule has 0 aromatic heterocycles. The van der Waals surface area contributed by atoms with Crippen molar-refractivity contribution >= 4 is 35.4 Å². The van der Waals surface area contributed by atoms with Gasteiger partial charge in [0, 0.05) is 18.2 Å². The van der Waals surface area contributed by atoms with E-state index in [2.05, 4.69) is 13.2 Å². The van der Waals surface area contributed by atoms with Crippen LogP contribution in [0, 0.1) is 0 Å². The van der Waals surface area contributed by atoms with Crippen LogP contribution >= 0.6 is 11.8 Å². The largest absolute Gasteiger partial charge is 0.273 e. The van der Waals surface area contributed by atoms with Crippen molar-refractivity contribution in [1.82, 2.24) is 9.32 Å². The van der Waals surface area contributed by atoms with E-state index in [0.29, 0.717) is 4.42 Å². The molecular formula is C19H25ClN2O4. The van der Waals surface area contributed by atoms with Crippen LogP contribution in [0.2, 0.25) is 0 Å². The number of hydrogen-bond acceptors (Lipinski definition) is 4. The Morgan fingerprint density at radius 3 is 2.00 bits per heavy atom. The Bertz CT molecular complexity index is 664. The number of halogens is 1. The Morgan fingerprint density at radius 2 is 1.54 bits per heavy atom. The number of allylic oxidation sites excluding steroid dienone is 2. The molecule has 0 aromatic carbocycles. The standard InChI is InChI=1S/C14H13ClN2O4.C3H6.C2H6/c1-3-5-9-8(4-2)12(19)16(13(9)20)10-6-7-11(18)17(15)14(10)21;1-3-2;1-2/h3-5,10H,2,6-7H2,1H3;3H,1H2,2H3;1-2H3/b5-3-;;. The summed E-state index contributed by atoms with van der Waals surface area (Å²) >= 11 is 5.59. The third-order valence-corrected chi connectivity index (χ3v) is 3.72. The van der Waals surface area contributed by atoms with Crippen molar-refractivity contribution < 1.29 is 19.2 Å². The topological polar surface area (TPSA) is 74.8 Å². The summed E-state index contributed by atoms with van der Waals surface area (Å²) in [5, 5.41) is 0. The van der Waals surface area contributed by atoms with Gasteiger partial charge in [-0.2, -0.15) is 4.42 Å². The second kappa shape index (κ2) is 11.2. The maximum atomic E-state index is 12.4. The molecule has 0 spiro atoms. The van der Waals surface area contributed by atoms with E-state index in [0.717, 1.165) is 4.90 Å². The highest BCUT2D eigenvalue weighted by molar-refractivity contribution is 6.32. The molecule has 0 N–H and O–H groups in total. The number of nitrogens with zero attached hydrogens (tertiary/aromatic N) is 2. The van der Waals surface area contributed by atoms with Crippen LogP contribution in [0.4, 0.5) is 0 Å². The molecule has 2 aliphatic rings. The normalized spacial score (nSPS) is 20.0. The van der Waals surface area contributed by atoms with Crippen molar-refractivity contribution in [1.29, 1.82) is 0 Å². The summed E-state index contributed by atoms with van der Waals surface area (Å²) in [7, 11) is 0. The van der Waals surface area contributed by atoms with E-state index in [4.69, 9.17) is 11.8 Å². The molecule has 1 atom stereocenters. The van der Waals surface area contributed by atoms with Crippen LogP contribution in [0.5, 0.6) is 0 Å². The first-order valence-corrected chi connectivity index (χ1v) is 8.66. The molecule has 2 rings (SSSR count). The lowest BCUT2D eigenvalue weighted by atomic mass is 10.0. The lowest BCUT2D eigenvalue weighted by Crippen LogP contribution is -2.53. The fourth-order valence-electron chi connectivity index (χ4n) is 2.37. The van der Waals surface area contributed by atoms with E-state index in [9.17, 15) is 19.2 Å². The van der Waals surface area contributed by atoms with Crippen LogP contribution < -0.4 is 0 Å². The Labute approximate surface area is 159 Å². The van der Waals surface area contributed by atoms with Gasteiger partial charge >= 0.3 is 0 Å². The first-order valence-electron chi connectivity index (χ1n) is 8.32. The molecule has 0 radical (unpaired) electrons. The number of rotatable bonds is 3. The third-order valence-electron chi connectivity index (χ3n) is 3.37. The Morgan fingerprint density at radius 1 is 1.04 bits per heavy atom. The molecular weight excluding hydrogens is 356 g/mol. The summed E-state index contributed by atoms with van der Waals surface area (Å²) in [5.74, 6) is -2.48. The van der Waals surface area contributed by atoms with Crippen LogP contribution in [0.25, 0.3) is 0 Å². The smallest absolute Gasteiger partial charge is 0.267 e. The second-order valence-corrected chi connectivity index (χ2v) is 5.33. The van der Waals surface area contributed by atoms with Gasteiger partial charge in [0.1, 0.15) is 6.04 Å². The number of carbonyl (C=O) groups excluding carboxylic acids is 4. The van der Waals surface area contributed by atoms with E-state index >= 15 is 0 Å². The molecule has 2 aliphatic heterocycles. The van der Waals surface area contributed by atoms with Crippen LogP contribution in [-0.4, -0.2) is 39.0 Å².